The van der Waals surface area contributed by atoms with Crippen LogP contribution in [0.2, 0.25) is 0 Å². The van der Waals surface area contributed by atoms with Crippen molar-refractivity contribution in [3.8, 4) is 11.5 Å². The number of nitrogens with one attached hydrogen (secondary N) is 1. The number of aryl methyl sites for hydroxylation is 1. The first-order chi connectivity index (χ1) is 10.5. The molecule has 22 heavy (non-hydrogen) atoms. The minimum atomic E-state index is -0.169. The molecule has 1 aromatic carbocycles. The van der Waals surface area contributed by atoms with E-state index >= 15 is 0 Å². The molecule has 6 heteroatoms. The summed E-state index contributed by atoms with van der Waals surface area (Å²) in [4.78, 5) is 11.8. The van der Waals surface area contributed by atoms with Crippen LogP contribution in [0.3, 0.4) is 0 Å². The Labute approximate surface area is 131 Å². The van der Waals surface area contributed by atoms with Gasteiger partial charge in [-0.05, 0) is 37.1 Å². The van der Waals surface area contributed by atoms with Crippen LogP contribution in [0.15, 0.2) is 12.1 Å². The van der Waals surface area contributed by atoms with Crippen molar-refractivity contribution in [3.63, 3.8) is 0 Å². The average molecular weight is 311 g/mol. The van der Waals surface area contributed by atoms with Crippen LogP contribution in [0.1, 0.15) is 24.1 Å². The van der Waals surface area contributed by atoms with E-state index in [9.17, 15) is 4.79 Å². The molecular formula is C16H25NO5. The molecule has 1 atom stereocenters. The second-order valence-corrected chi connectivity index (χ2v) is 4.90. The van der Waals surface area contributed by atoms with E-state index in [1.807, 2.05) is 26.0 Å². The van der Waals surface area contributed by atoms with Gasteiger partial charge in [-0.25, -0.2) is 0 Å². The van der Waals surface area contributed by atoms with Crippen LogP contribution in [0.25, 0.3) is 0 Å². The van der Waals surface area contributed by atoms with Gasteiger partial charge in [-0.2, -0.15) is 0 Å². The van der Waals surface area contributed by atoms with E-state index in [0.29, 0.717) is 24.7 Å². The predicted octanol–water partition coefficient (Wildman–Crippen LogP) is 1.85. The largest absolute Gasteiger partial charge is 0.493 e. The Morgan fingerprint density at radius 3 is 2.36 bits per heavy atom. The monoisotopic (exact) mass is 311 g/mol. The first-order valence-electron chi connectivity index (χ1n) is 7.12. The van der Waals surface area contributed by atoms with Gasteiger partial charge in [-0.3, -0.25) is 4.79 Å². The number of amides is 1. The van der Waals surface area contributed by atoms with E-state index in [1.54, 1.807) is 21.3 Å². The molecule has 0 bridgehead atoms. The van der Waals surface area contributed by atoms with Gasteiger partial charge in [0.15, 0.2) is 11.5 Å². The highest BCUT2D eigenvalue weighted by Crippen LogP contribution is 2.32. The van der Waals surface area contributed by atoms with Crippen molar-refractivity contribution >= 4 is 5.91 Å². The third-order valence-corrected chi connectivity index (χ3v) is 3.28. The van der Waals surface area contributed by atoms with E-state index < -0.39 is 0 Å². The molecule has 0 spiro atoms. The van der Waals surface area contributed by atoms with Gasteiger partial charge in [0.05, 0.1) is 33.5 Å². The highest BCUT2D eigenvalue weighted by Gasteiger charge is 2.15. The van der Waals surface area contributed by atoms with Gasteiger partial charge in [0.1, 0.15) is 6.61 Å². The van der Waals surface area contributed by atoms with Crippen molar-refractivity contribution in [2.24, 2.45) is 0 Å². The first kappa shape index (κ1) is 18.3. The zero-order valence-corrected chi connectivity index (χ0v) is 13.9. The summed E-state index contributed by atoms with van der Waals surface area (Å²) in [7, 11) is 4.77. The first-order valence-corrected chi connectivity index (χ1v) is 7.12. The molecule has 0 aliphatic heterocycles. The number of rotatable bonds is 9. The average Bonchev–Trinajstić information content (AvgIpc) is 2.51. The quantitative estimate of drug-likeness (QED) is 0.705. The van der Waals surface area contributed by atoms with Gasteiger partial charge in [-0.1, -0.05) is 0 Å². The van der Waals surface area contributed by atoms with E-state index in [0.717, 1.165) is 11.1 Å². The summed E-state index contributed by atoms with van der Waals surface area (Å²) in [6.07, 6.45) is 0. The van der Waals surface area contributed by atoms with Crippen LogP contribution in [0.5, 0.6) is 11.5 Å². The highest BCUT2D eigenvalue weighted by atomic mass is 16.5. The van der Waals surface area contributed by atoms with E-state index in [2.05, 4.69) is 5.32 Å². The third kappa shape index (κ3) is 5.20. The number of carbonyl (C=O) groups excluding carboxylic acids is 1. The molecule has 0 saturated heterocycles. The Bertz CT molecular complexity index is 490. The van der Waals surface area contributed by atoms with Crippen LogP contribution < -0.4 is 14.8 Å². The maximum absolute atomic E-state index is 11.8. The topological polar surface area (TPSA) is 66.0 Å². The molecule has 0 aromatic heterocycles. The minimum absolute atomic E-state index is 0.0139. The van der Waals surface area contributed by atoms with E-state index in [4.69, 9.17) is 18.9 Å². The molecule has 1 rings (SSSR count). The van der Waals surface area contributed by atoms with Gasteiger partial charge < -0.3 is 24.3 Å². The lowest BCUT2D eigenvalue weighted by molar-refractivity contribution is -0.126. The van der Waals surface area contributed by atoms with Crippen molar-refractivity contribution < 1.29 is 23.7 Å². The highest BCUT2D eigenvalue weighted by molar-refractivity contribution is 5.77. The number of carbonyl (C=O) groups is 1. The summed E-state index contributed by atoms with van der Waals surface area (Å²) >= 11 is 0. The number of hydrogen-bond acceptors (Lipinski definition) is 5. The van der Waals surface area contributed by atoms with Crippen molar-refractivity contribution in [1.82, 2.24) is 5.32 Å². The Hall–Kier alpha value is -1.79. The number of hydrogen-bond donors (Lipinski definition) is 1. The third-order valence-electron chi connectivity index (χ3n) is 3.28. The van der Waals surface area contributed by atoms with Gasteiger partial charge in [0.25, 0.3) is 0 Å². The van der Waals surface area contributed by atoms with Crippen LogP contribution in [0.4, 0.5) is 0 Å². The second kappa shape index (κ2) is 9.27. The molecule has 0 radical (unpaired) electrons. The lowest BCUT2D eigenvalue weighted by atomic mass is 10.0. The summed E-state index contributed by atoms with van der Waals surface area (Å²) in [5.41, 5.74) is 1.99. The standard InChI is InChI=1S/C16H25NO5/c1-11-8-14(20-4)15(21-5)9-13(11)12(2)17-16(18)10-22-7-6-19-3/h8-9,12H,6-7,10H2,1-5H3,(H,17,18)/t12-/m0/s1. The fraction of sp³-hybridized carbons (Fsp3) is 0.562. The Morgan fingerprint density at radius 2 is 1.77 bits per heavy atom. The molecule has 0 saturated carbocycles. The number of benzene rings is 1. The summed E-state index contributed by atoms with van der Waals surface area (Å²) in [5, 5.41) is 2.90. The van der Waals surface area contributed by atoms with Gasteiger partial charge >= 0.3 is 0 Å². The lowest BCUT2D eigenvalue weighted by Crippen LogP contribution is -2.31. The normalized spacial score (nSPS) is 11.9. The maximum Gasteiger partial charge on any atom is 0.246 e. The van der Waals surface area contributed by atoms with Crippen LogP contribution in [0, 0.1) is 6.92 Å². The molecule has 1 amide bonds. The molecule has 6 nitrogen and oxygen atoms in total. The van der Waals surface area contributed by atoms with Crippen molar-refractivity contribution in [2.75, 3.05) is 41.2 Å². The molecule has 0 unspecified atom stereocenters. The minimum Gasteiger partial charge on any atom is -0.493 e. The SMILES string of the molecule is COCCOCC(=O)N[C@@H](C)c1cc(OC)c(OC)cc1C. The smallest absolute Gasteiger partial charge is 0.246 e. The molecule has 0 heterocycles. The summed E-state index contributed by atoms with van der Waals surface area (Å²) < 4.78 is 20.6. The molecule has 0 aliphatic rings. The van der Waals surface area contributed by atoms with Gasteiger partial charge in [-0.15, -0.1) is 0 Å². The van der Waals surface area contributed by atoms with E-state index in [1.165, 1.54) is 0 Å². The number of methoxy groups -OCH3 is 3. The summed E-state index contributed by atoms with van der Waals surface area (Å²) in [6, 6.07) is 3.62. The molecular weight excluding hydrogens is 286 g/mol. The van der Waals surface area contributed by atoms with Crippen molar-refractivity contribution in [2.45, 2.75) is 19.9 Å². The molecule has 1 aromatic rings. The maximum atomic E-state index is 11.8. The molecule has 1 N–H and O–H groups in total. The predicted molar refractivity (Wildman–Crippen MR) is 83.5 cm³/mol. The summed E-state index contributed by atoms with van der Waals surface area (Å²) in [5.74, 6) is 1.14. The van der Waals surface area contributed by atoms with Gasteiger partial charge in [0, 0.05) is 7.11 Å². The van der Waals surface area contributed by atoms with Crippen molar-refractivity contribution in [3.05, 3.63) is 23.3 Å². The number of ether oxygens (including phenoxy) is 4. The van der Waals surface area contributed by atoms with Crippen LogP contribution >= 0.6 is 0 Å². The van der Waals surface area contributed by atoms with E-state index in [-0.39, 0.29) is 18.6 Å². The van der Waals surface area contributed by atoms with Crippen LogP contribution in [-0.2, 0) is 14.3 Å². The lowest BCUT2D eigenvalue weighted by Gasteiger charge is -2.19. The summed E-state index contributed by atoms with van der Waals surface area (Å²) in [6.45, 7) is 4.77. The Balaban J connectivity index is 2.68. The fourth-order valence-corrected chi connectivity index (χ4v) is 2.13. The fourth-order valence-electron chi connectivity index (χ4n) is 2.13. The molecule has 124 valence electrons. The second-order valence-electron chi connectivity index (χ2n) is 4.90. The Morgan fingerprint density at radius 1 is 1.14 bits per heavy atom. The van der Waals surface area contributed by atoms with Crippen molar-refractivity contribution in [1.29, 1.82) is 0 Å². The molecule has 0 fully saturated rings. The Kier molecular flexibility index (Phi) is 7.70. The molecule has 0 aliphatic carbocycles. The van der Waals surface area contributed by atoms with Crippen LogP contribution in [-0.4, -0.2) is 47.1 Å². The van der Waals surface area contributed by atoms with Gasteiger partial charge in [0.2, 0.25) is 5.91 Å². The zero-order chi connectivity index (χ0) is 16.5. The zero-order valence-electron chi connectivity index (χ0n) is 13.9.